The first-order valence-electron chi connectivity index (χ1n) is 6.22. The lowest BCUT2D eigenvalue weighted by atomic mass is 9.75. The number of carbonyl (C=O) groups is 1. The van der Waals surface area contributed by atoms with E-state index in [-0.39, 0.29) is 17.6 Å². The summed E-state index contributed by atoms with van der Waals surface area (Å²) in [6, 6.07) is 7.11. The van der Waals surface area contributed by atoms with E-state index in [9.17, 15) is 9.90 Å². The minimum atomic E-state index is -0.440. The van der Waals surface area contributed by atoms with Gasteiger partial charge in [-0.05, 0) is 37.0 Å². The summed E-state index contributed by atoms with van der Waals surface area (Å²) in [6.45, 7) is 4.53. The van der Waals surface area contributed by atoms with Crippen LogP contribution in [0.15, 0.2) is 36.4 Å². The van der Waals surface area contributed by atoms with Crippen molar-refractivity contribution in [2.24, 2.45) is 11.3 Å². The third-order valence-corrected chi connectivity index (χ3v) is 4.13. The first kappa shape index (κ1) is 11.3. The molecule has 2 atom stereocenters. The molecule has 1 aliphatic heterocycles. The summed E-state index contributed by atoms with van der Waals surface area (Å²) in [5.41, 5.74) is 1.68. The van der Waals surface area contributed by atoms with E-state index >= 15 is 0 Å². The SMILES string of the molecule is C=C1CC2COC(=O)C2(Cc2cccc(O)c2)C1. The highest BCUT2D eigenvalue weighted by molar-refractivity contribution is 5.81. The number of phenolic OH excluding ortho intramolecular Hbond substituents is 1. The Kier molecular flexibility index (Phi) is 2.44. The smallest absolute Gasteiger partial charge is 0.313 e. The van der Waals surface area contributed by atoms with Crippen molar-refractivity contribution in [1.29, 1.82) is 0 Å². The average Bonchev–Trinajstić information content (AvgIpc) is 2.76. The van der Waals surface area contributed by atoms with E-state index in [1.807, 2.05) is 6.07 Å². The van der Waals surface area contributed by atoms with Crippen molar-refractivity contribution in [2.75, 3.05) is 6.61 Å². The Balaban J connectivity index is 1.94. The third kappa shape index (κ3) is 1.62. The summed E-state index contributed by atoms with van der Waals surface area (Å²) >= 11 is 0. The Bertz CT molecular complexity index is 520. The number of benzene rings is 1. The minimum absolute atomic E-state index is 0.102. The first-order valence-corrected chi connectivity index (χ1v) is 6.22. The topological polar surface area (TPSA) is 46.5 Å². The van der Waals surface area contributed by atoms with Gasteiger partial charge in [0, 0.05) is 5.92 Å². The molecular formula is C15H16O3. The molecule has 1 N–H and O–H groups in total. The number of rotatable bonds is 2. The number of phenols is 1. The van der Waals surface area contributed by atoms with Crippen molar-refractivity contribution in [3.05, 3.63) is 42.0 Å². The van der Waals surface area contributed by atoms with Gasteiger partial charge in [-0.2, -0.15) is 0 Å². The van der Waals surface area contributed by atoms with Gasteiger partial charge in [0.25, 0.3) is 0 Å². The van der Waals surface area contributed by atoms with Crippen LogP contribution in [0.5, 0.6) is 5.75 Å². The van der Waals surface area contributed by atoms with Crippen molar-refractivity contribution in [2.45, 2.75) is 19.3 Å². The highest BCUT2D eigenvalue weighted by Gasteiger charge is 2.55. The zero-order chi connectivity index (χ0) is 12.8. The van der Waals surface area contributed by atoms with Gasteiger partial charge >= 0.3 is 5.97 Å². The van der Waals surface area contributed by atoms with Gasteiger partial charge in [-0.3, -0.25) is 4.79 Å². The van der Waals surface area contributed by atoms with Gasteiger partial charge in [0.05, 0.1) is 12.0 Å². The lowest BCUT2D eigenvalue weighted by Crippen LogP contribution is -2.31. The van der Waals surface area contributed by atoms with Crippen LogP contribution in [0, 0.1) is 11.3 Å². The van der Waals surface area contributed by atoms with Gasteiger partial charge in [0.1, 0.15) is 5.75 Å². The third-order valence-electron chi connectivity index (χ3n) is 4.13. The second-order valence-corrected chi connectivity index (χ2v) is 5.43. The highest BCUT2D eigenvalue weighted by Crippen LogP contribution is 2.52. The van der Waals surface area contributed by atoms with E-state index in [2.05, 4.69) is 6.58 Å². The van der Waals surface area contributed by atoms with E-state index in [1.165, 1.54) is 0 Å². The van der Waals surface area contributed by atoms with Crippen molar-refractivity contribution in [1.82, 2.24) is 0 Å². The molecule has 0 bridgehead atoms. The van der Waals surface area contributed by atoms with Crippen LogP contribution in [0.1, 0.15) is 18.4 Å². The minimum Gasteiger partial charge on any atom is -0.508 e. The summed E-state index contributed by atoms with van der Waals surface area (Å²) in [6.07, 6.45) is 2.22. The molecule has 3 nitrogen and oxygen atoms in total. The molecular weight excluding hydrogens is 228 g/mol. The number of hydrogen-bond acceptors (Lipinski definition) is 3. The number of cyclic esters (lactones) is 1. The number of allylic oxidation sites excluding steroid dienone is 1. The van der Waals surface area contributed by atoms with Crippen molar-refractivity contribution in [3.63, 3.8) is 0 Å². The molecule has 1 aliphatic carbocycles. The Labute approximate surface area is 106 Å². The number of aromatic hydroxyl groups is 1. The van der Waals surface area contributed by atoms with Crippen molar-refractivity contribution >= 4 is 5.97 Å². The molecule has 0 aromatic heterocycles. The molecule has 3 heteroatoms. The van der Waals surface area contributed by atoms with Crippen LogP contribution in [-0.2, 0) is 16.0 Å². The fourth-order valence-corrected chi connectivity index (χ4v) is 3.29. The van der Waals surface area contributed by atoms with Gasteiger partial charge in [0.15, 0.2) is 0 Å². The fourth-order valence-electron chi connectivity index (χ4n) is 3.29. The lowest BCUT2D eigenvalue weighted by molar-refractivity contribution is -0.146. The first-order chi connectivity index (χ1) is 8.60. The summed E-state index contributed by atoms with van der Waals surface area (Å²) < 4.78 is 5.23. The molecule has 0 spiro atoms. The molecule has 94 valence electrons. The maximum Gasteiger partial charge on any atom is 0.313 e. The maximum atomic E-state index is 12.1. The fraction of sp³-hybridized carbons (Fsp3) is 0.400. The largest absolute Gasteiger partial charge is 0.508 e. The number of fused-ring (bicyclic) bond motifs is 1. The summed E-state index contributed by atoms with van der Waals surface area (Å²) in [5.74, 6) is 0.387. The number of ether oxygens (including phenoxy) is 1. The summed E-state index contributed by atoms with van der Waals surface area (Å²) in [4.78, 5) is 12.1. The number of carbonyl (C=O) groups excluding carboxylic acids is 1. The van der Waals surface area contributed by atoms with Gasteiger partial charge in [-0.1, -0.05) is 24.3 Å². The molecule has 1 aromatic carbocycles. The number of esters is 1. The molecule has 1 aromatic rings. The van der Waals surface area contributed by atoms with Crippen LogP contribution < -0.4 is 0 Å². The Morgan fingerprint density at radius 1 is 1.50 bits per heavy atom. The van der Waals surface area contributed by atoms with E-state index in [4.69, 9.17) is 4.74 Å². The van der Waals surface area contributed by atoms with E-state index < -0.39 is 5.41 Å². The van der Waals surface area contributed by atoms with Crippen LogP contribution in [0.3, 0.4) is 0 Å². The van der Waals surface area contributed by atoms with Crippen LogP contribution in [-0.4, -0.2) is 17.7 Å². The molecule has 2 aliphatic rings. The molecule has 2 fully saturated rings. The molecule has 18 heavy (non-hydrogen) atoms. The maximum absolute atomic E-state index is 12.1. The van der Waals surface area contributed by atoms with E-state index in [0.29, 0.717) is 19.4 Å². The Morgan fingerprint density at radius 2 is 2.33 bits per heavy atom. The molecule has 1 saturated heterocycles. The van der Waals surface area contributed by atoms with Gasteiger partial charge in [-0.15, -0.1) is 0 Å². The summed E-state index contributed by atoms with van der Waals surface area (Å²) in [7, 11) is 0. The molecule has 1 saturated carbocycles. The molecule has 2 unspecified atom stereocenters. The Hall–Kier alpha value is -1.77. The van der Waals surface area contributed by atoms with Gasteiger partial charge in [-0.25, -0.2) is 0 Å². The highest BCUT2D eigenvalue weighted by atomic mass is 16.5. The predicted molar refractivity (Wildman–Crippen MR) is 67.1 cm³/mol. The van der Waals surface area contributed by atoms with Crippen LogP contribution in [0.4, 0.5) is 0 Å². The van der Waals surface area contributed by atoms with Crippen molar-refractivity contribution < 1.29 is 14.6 Å². The molecule has 0 radical (unpaired) electrons. The molecule has 1 heterocycles. The zero-order valence-electron chi connectivity index (χ0n) is 10.2. The average molecular weight is 244 g/mol. The van der Waals surface area contributed by atoms with E-state index in [1.54, 1.807) is 18.2 Å². The second kappa shape index (κ2) is 3.87. The summed E-state index contributed by atoms with van der Waals surface area (Å²) in [5, 5.41) is 9.51. The van der Waals surface area contributed by atoms with E-state index in [0.717, 1.165) is 17.6 Å². The van der Waals surface area contributed by atoms with Gasteiger partial charge < -0.3 is 9.84 Å². The van der Waals surface area contributed by atoms with Crippen molar-refractivity contribution in [3.8, 4) is 5.75 Å². The van der Waals surface area contributed by atoms with Crippen LogP contribution in [0.25, 0.3) is 0 Å². The lowest BCUT2D eigenvalue weighted by Gasteiger charge is -2.23. The predicted octanol–water partition coefficient (Wildman–Crippen LogP) is 2.44. The molecule has 0 amide bonds. The standard InChI is InChI=1S/C15H16O3/c1-10-5-12-9-18-14(17)15(12,7-10)8-11-3-2-4-13(16)6-11/h2-4,6,12,16H,1,5,7-9H2. The van der Waals surface area contributed by atoms with Gasteiger partial charge in [0.2, 0.25) is 0 Å². The second-order valence-electron chi connectivity index (χ2n) is 5.43. The normalized spacial score (nSPS) is 30.3. The van der Waals surface area contributed by atoms with Crippen LogP contribution >= 0.6 is 0 Å². The zero-order valence-corrected chi connectivity index (χ0v) is 10.2. The quantitative estimate of drug-likeness (QED) is 0.642. The Morgan fingerprint density at radius 3 is 3.11 bits per heavy atom. The monoisotopic (exact) mass is 244 g/mol. The number of hydrogen-bond donors (Lipinski definition) is 1. The molecule has 3 rings (SSSR count). The van der Waals surface area contributed by atoms with Crippen LogP contribution in [0.2, 0.25) is 0 Å².